The van der Waals surface area contributed by atoms with Crippen molar-refractivity contribution in [2.75, 3.05) is 13.1 Å². The molecule has 1 unspecified atom stereocenters. The van der Waals surface area contributed by atoms with Gasteiger partial charge in [0.05, 0.1) is 6.54 Å². The lowest BCUT2D eigenvalue weighted by atomic mass is 9.87. The molecule has 20 heavy (non-hydrogen) atoms. The van der Waals surface area contributed by atoms with Crippen LogP contribution in [0.15, 0.2) is 12.1 Å². The molecule has 1 aliphatic heterocycles. The van der Waals surface area contributed by atoms with Crippen molar-refractivity contribution >= 4 is 12.1 Å². The van der Waals surface area contributed by atoms with Crippen LogP contribution in [0.3, 0.4) is 0 Å². The second kappa shape index (κ2) is 4.81. The Morgan fingerprint density at radius 3 is 2.40 bits per heavy atom. The summed E-state index contributed by atoms with van der Waals surface area (Å²) < 4.78 is 5.47. The second-order valence-corrected chi connectivity index (χ2v) is 5.62. The van der Waals surface area contributed by atoms with E-state index in [9.17, 15) is 9.59 Å². The van der Waals surface area contributed by atoms with Crippen LogP contribution in [-0.2, 0) is 15.1 Å². The maximum atomic E-state index is 11.8. The smallest absolute Gasteiger partial charge is 0.411 e. The van der Waals surface area contributed by atoms with Gasteiger partial charge in [0.2, 0.25) is 0 Å². The van der Waals surface area contributed by atoms with E-state index >= 15 is 0 Å². The van der Waals surface area contributed by atoms with Gasteiger partial charge >= 0.3 is 12.1 Å². The van der Waals surface area contributed by atoms with Crippen LogP contribution >= 0.6 is 0 Å². The molecule has 0 bridgehead atoms. The molecule has 0 spiro atoms. The van der Waals surface area contributed by atoms with Crippen LogP contribution in [0, 0.1) is 20.8 Å². The fourth-order valence-corrected chi connectivity index (χ4v) is 3.15. The van der Waals surface area contributed by atoms with Crippen LogP contribution in [-0.4, -0.2) is 35.2 Å². The number of carbonyl (C=O) groups is 2. The van der Waals surface area contributed by atoms with Crippen molar-refractivity contribution in [3.63, 3.8) is 0 Å². The van der Waals surface area contributed by atoms with E-state index in [4.69, 9.17) is 9.84 Å². The molecule has 0 radical (unpaired) electrons. The van der Waals surface area contributed by atoms with Gasteiger partial charge in [-0.25, -0.2) is 4.79 Å². The number of benzene rings is 1. The van der Waals surface area contributed by atoms with Gasteiger partial charge < -0.3 is 9.84 Å². The largest absolute Gasteiger partial charge is 0.480 e. The van der Waals surface area contributed by atoms with Crippen molar-refractivity contribution in [2.24, 2.45) is 0 Å². The van der Waals surface area contributed by atoms with Crippen molar-refractivity contribution in [1.29, 1.82) is 0 Å². The number of carboxylic acid groups (broad SMARTS) is 1. The first kappa shape index (κ1) is 14.4. The molecule has 0 saturated carbocycles. The Labute approximate surface area is 118 Å². The summed E-state index contributed by atoms with van der Waals surface area (Å²) in [5.74, 6) is -1.04. The third-order valence-corrected chi connectivity index (χ3v) is 3.60. The van der Waals surface area contributed by atoms with Crippen LogP contribution in [0.4, 0.5) is 4.79 Å². The van der Waals surface area contributed by atoms with Crippen LogP contribution in [0.5, 0.6) is 0 Å². The Balaban J connectivity index is 2.38. The third-order valence-electron chi connectivity index (χ3n) is 3.60. The SMILES string of the molecule is Cc1cc(C)c(C2(C)CN(CC(=O)O)C(=O)O2)c(C)c1. The fraction of sp³-hybridized carbons (Fsp3) is 0.467. The number of aryl methyl sites for hydroxylation is 3. The highest BCUT2D eigenvalue weighted by Gasteiger charge is 2.44. The number of hydrogen-bond acceptors (Lipinski definition) is 3. The van der Waals surface area contributed by atoms with Gasteiger partial charge in [0, 0.05) is 5.56 Å². The van der Waals surface area contributed by atoms with Gasteiger partial charge in [0.15, 0.2) is 5.60 Å². The first-order valence-electron chi connectivity index (χ1n) is 6.51. The lowest BCUT2D eigenvalue weighted by Crippen LogP contribution is -2.33. The monoisotopic (exact) mass is 277 g/mol. The zero-order chi connectivity index (χ0) is 15.1. The van der Waals surface area contributed by atoms with E-state index in [1.807, 2.05) is 39.8 Å². The Bertz CT molecular complexity index is 558. The minimum atomic E-state index is -1.04. The maximum absolute atomic E-state index is 11.8. The number of hydrogen-bond donors (Lipinski definition) is 1. The minimum absolute atomic E-state index is 0.253. The first-order valence-corrected chi connectivity index (χ1v) is 6.51. The molecule has 1 atom stereocenters. The Hall–Kier alpha value is -2.04. The van der Waals surface area contributed by atoms with Gasteiger partial charge in [-0.15, -0.1) is 0 Å². The number of nitrogens with zero attached hydrogens (tertiary/aromatic N) is 1. The molecule has 0 aromatic heterocycles. The van der Waals surface area contributed by atoms with E-state index in [2.05, 4.69) is 0 Å². The second-order valence-electron chi connectivity index (χ2n) is 5.62. The Morgan fingerprint density at radius 2 is 1.90 bits per heavy atom. The Morgan fingerprint density at radius 1 is 1.35 bits per heavy atom. The molecule has 5 heteroatoms. The summed E-state index contributed by atoms with van der Waals surface area (Å²) in [5.41, 5.74) is 3.42. The van der Waals surface area contributed by atoms with E-state index in [0.29, 0.717) is 0 Å². The molecular weight excluding hydrogens is 258 g/mol. The zero-order valence-electron chi connectivity index (χ0n) is 12.2. The minimum Gasteiger partial charge on any atom is -0.480 e. The van der Waals surface area contributed by atoms with E-state index in [1.165, 1.54) is 4.90 Å². The van der Waals surface area contributed by atoms with Crippen LogP contribution in [0.1, 0.15) is 29.2 Å². The lowest BCUT2D eigenvalue weighted by Gasteiger charge is -2.26. The number of aliphatic carboxylic acids is 1. The van der Waals surface area contributed by atoms with Crippen molar-refractivity contribution in [3.05, 3.63) is 34.4 Å². The normalized spacial score (nSPS) is 22.0. The van der Waals surface area contributed by atoms with E-state index in [1.54, 1.807) is 0 Å². The van der Waals surface area contributed by atoms with Crippen molar-refractivity contribution in [2.45, 2.75) is 33.3 Å². The van der Waals surface area contributed by atoms with Gasteiger partial charge in [-0.3, -0.25) is 9.69 Å². The van der Waals surface area contributed by atoms with Gasteiger partial charge in [-0.05, 0) is 38.8 Å². The summed E-state index contributed by atoms with van der Waals surface area (Å²) in [7, 11) is 0. The van der Waals surface area contributed by atoms with Crippen molar-refractivity contribution in [3.8, 4) is 0 Å². The quantitative estimate of drug-likeness (QED) is 0.921. The molecule has 1 amide bonds. The molecule has 5 nitrogen and oxygen atoms in total. The number of amides is 1. The predicted molar refractivity (Wildman–Crippen MR) is 73.7 cm³/mol. The van der Waals surface area contributed by atoms with Gasteiger partial charge in [-0.2, -0.15) is 0 Å². The molecule has 1 aromatic rings. The number of carbonyl (C=O) groups excluding carboxylic acids is 1. The van der Waals surface area contributed by atoms with Crippen molar-refractivity contribution in [1.82, 2.24) is 4.90 Å². The lowest BCUT2D eigenvalue weighted by molar-refractivity contribution is -0.137. The van der Waals surface area contributed by atoms with Crippen LogP contribution in [0.25, 0.3) is 0 Å². The summed E-state index contributed by atoms with van der Waals surface area (Å²) in [6.45, 7) is 7.73. The molecule has 0 aliphatic carbocycles. The summed E-state index contributed by atoms with van der Waals surface area (Å²) in [5, 5.41) is 8.83. The molecule has 1 heterocycles. The summed E-state index contributed by atoms with van der Waals surface area (Å²) in [6.07, 6.45) is -0.575. The number of carboxylic acids is 1. The number of ether oxygens (including phenoxy) is 1. The summed E-state index contributed by atoms with van der Waals surface area (Å²) >= 11 is 0. The Kier molecular flexibility index (Phi) is 3.46. The van der Waals surface area contributed by atoms with Crippen LogP contribution in [0.2, 0.25) is 0 Å². The molecule has 1 N–H and O–H groups in total. The highest BCUT2D eigenvalue weighted by Crippen LogP contribution is 2.37. The highest BCUT2D eigenvalue weighted by molar-refractivity contribution is 5.78. The first-order chi connectivity index (χ1) is 9.23. The molecule has 1 saturated heterocycles. The summed E-state index contributed by atoms with van der Waals surface area (Å²) in [6, 6.07) is 4.09. The molecule has 108 valence electrons. The molecule has 2 rings (SSSR count). The average Bonchev–Trinajstić information content (AvgIpc) is 2.51. The van der Waals surface area contributed by atoms with E-state index in [0.717, 1.165) is 22.3 Å². The molecule has 1 aliphatic rings. The molecular formula is C15H19NO4. The van der Waals surface area contributed by atoms with Gasteiger partial charge in [0.25, 0.3) is 0 Å². The number of rotatable bonds is 3. The highest BCUT2D eigenvalue weighted by atomic mass is 16.6. The van der Waals surface area contributed by atoms with Gasteiger partial charge in [0.1, 0.15) is 6.54 Å². The maximum Gasteiger partial charge on any atom is 0.411 e. The number of cyclic esters (lactones) is 1. The zero-order valence-corrected chi connectivity index (χ0v) is 12.2. The fourth-order valence-electron chi connectivity index (χ4n) is 3.15. The van der Waals surface area contributed by atoms with Crippen LogP contribution < -0.4 is 0 Å². The van der Waals surface area contributed by atoms with Gasteiger partial charge in [-0.1, -0.05) is 17.7 Å². The topological polar surface area (TPSA) is 66.8 Å². The van der Waals surface area contributed by atoms with Crippen molar-refractivity contribution < 1.29 is 19.4 Å². The molecule has 1 aromatic carbocycles. The third kappa shape index (κ3) is 2.48. The molecule has 1 fully saturated rings. The van der Waals surface area contributed by atoms with E-state index < -0.39 is 17.7 Å². The predicted octanol–water partition coefficient (Wildman–Crippen LogP) is 2.36. The van der Waals surface area contributed by atoms with E-state index in [-0.39, 0.29) is 13.1 Å². The average molecular weight is 277 g/mol. The standard InChI is InChI=1S/C15H19NO4/c1-9-5-10(2)13(11(3)6-9)15(4)8-16(7-12(17)18)14(19)20-15/h5-6H,7-8H2,1-4H3,(H,17,18). The summed E-state index contributed by atoms with van der Waals surface area (Å²) in [4.78, 5) is 23.8.